The van der Waals surface area contributed by atoms with Crippen molar-refractivity contribution in [2.75, 3.05) is 19.7 Å². The molecule has 0 unspecified atom stereocenters. The highest BCUT2D eigenvalue weighted by molar-refractivity contribution is 5.94. The van der Waals surface area contributed by atoms with E-state index in [0.29, 0.717) is 31.9 Å². The van der Waals surface area contributed by atoms with Crippen molar-refractivity contribution in [3.8, 4) is 0 Å². The van der Waals surface area contributed by atoms with Crippen molar-refractivity contribution in [2.45, 2.75) is 46.3 Å². The number of carbonyl (C=O) groups excluding carboxylic acids is 2. The van der Waals surface area contributed by atoms with Crippen molar-refractivity contribution in [1.29, 1.82) is 0 Å². The van der Waals surface area contributed by atoms with Crippen molar-refractivity contribution in [3.63, 3.8) is 0 Å². The smallest absolute Gasteiger partial charge is 0.310 e. The average molecular weight is 333 g/mol. The summed E-state index contributed by atoms with van der Waals surface area (Å²) < 4.78 is 10.6. The normalized spacial score (nSPS) is 17.8. The number of esters is 1. The minimum absolute atomic E-state index is 0.0275. The van der Waals surface area contributed by atoms with Gasteiger partial charge in [-0.15, -0.1) is 0 Å². The van der Waals surface area contributed by atoms with Gasteiger partial charge in [-0.1, -0.05) is 12.1 Å². The summed E-state index contributed by atoms with van der Waals surface area (Å²) >= 11 is 0. The standard InChI is InChI=1S/C19H27NO4/c1-4-23-19(22)17-6-5-11-20(12-17)18(21)16-9-7-15(8-10-16)13-24-14(2)3/h7-10,14,17H,4-6,11-13H2,1-3H3/t17-/m1/s1. The predicted molar refractivity (Wildman–Crippen MR) is 91.6 cm³/mol. The number of hydrogen-bond donors (Lipinski definition) is 0. The molecule has 0 aliphatic carbocycles. The molecule has 0 radical (unpaired) electrons. The number of nitrogens with zero attached hydrogens (tertiary/aromatic N) is 1. The van der Waals surface area contributed by atoms with E-state index in [1.165, 1.54) is 0 Å². The zero-order chi connectivity index (χ0) is 17.5. The number of amides is 1. The molecule has 5 heteroatoms. The summed E-state index contributed by atoms with van der Waals surface area (Å²) in [7, 11) is 0. The largest absolute Gasteiger partial charge is 0.466 e. The molecule has 1 heterocycles. The van der Waals surface area contributed by atoms with Crippen LogP contribution >= 0.6 is 0 Å². The molecule has 1 aliphatic heterocycles. The molecule has 1 aromatic rings. The summed E-state index contributed by atoms with van der Waals surface area (Å²) in [4.78, 5) is 26.3. The molecular weight excluding hydrogens is 306 g/mol. The van der Waals surface area contributed by atoms with Gasteiger partial charge in [-0.2, -0.15) is 0 Å². The maximum Gasteiger partial charge on any atom is 0.310 e. The third kappa shape index (κ3) is 5.06. The molecule has 0 N–H and O–H groups in total. The molecule has 1 atom stereocenters. The van der Waals surface area contributed by atoms with Crippen molar-refractivity contribution < 1.29 is 19.1 Å². The Kier molecular flexibility index (Phi) is 6.79. The number of likely N-dealkylation sites (tertiary alicyclic amines) is 1. The summed E-state index contributed by atoms with van der Waals surface area (Å²) in [5.74, 6) is -0.433. The van der Waals surface area contributed by atoms with Crippen LogP contribution in [0.3, 0.4) is 0 Å². The van der Waals surface area contributed by atoms with Gasteiger partial charge in [0, 0.05) is 18.7 Å². The molecule has 0 saturated carbocycles. The van der Waals surface area contributed by atoms with Crippen LogP contribution in [0.5, 0.6) is 0 Å². The topological polar surface area (TPSA) is 55.8 Å². The highest BCUT2D eigenvalue weighted by atomic mass is 16.5. The number of benzene rings is 1. The summed E-state index contributed by atoms with van der Waals surface area (Å²) in [6.45, 7) is 7.84. The molecule has 1 fully saturated rings. The van der Waals surface area contributed by atoms with Gasteiger partial charge in [0.05, 0.1) is 25.2 Å². The van der Waals surface area contributed by atoms with Crippen LogP contribution in [-0.4, -0.2) is 42.6 Å². The molecular formula is C19H27NO4. The van der Waals surface area contributed by atoms with Crippen LogP contribution in [0.4, 0.5) is 0 Å². The fourth-order valence-corrected chi connectivity index (χ4v) is 2.80. The first kappa shape index (κ1) is 18.5. The maximum absolute atomic E-state index is 12.6. The molecule has 132 valence electrons. The fourth-order valence-electron chi connectivity index (χ4n) is 2.80. The van der Waals surface area contributed by atoms with E-state index in [9.17, 15) is 9.59 Å². The fraction of sp³-hybridized carbons (Fsp3) is 0.579. The van der Waals surface area contributed by atoms with Crippen molar-refractivity contribution in [3.05, 3.63) is 35.4 Å². The van der Waals surface area contributed by atoms with Crippen LogP contribution in [0, 0.1) is 5.92 Å². The predicted octanol–water partition coefficient (Wildman–Crippen LogP) is 3.03. The Labute approximate surface area is 143 Å². The van der Waals surface area contributed by atoms with Gasteiger partial charge in [0.25, 0.3) is 5.91 Å². The van der Waals surface area contributed by atoms with Gasteiger partial charge in [-0.3, -0.25) is 9.59 Å². The van der Waals surface area contributed by atoms with E-state index in [-0.39, 0.29) is 23.9 Å². The van der Waals surface area contributed by atoms with Crippen LogP contribution in [0.15, 0.2) is 24.3 Å². The van der Waals surface area contributed by atoms with Gasteiger partial charge in [0.2, 0.25) is 0 Å². The summed E-state index contributed by atoms with van der Waals surface area (Å²) in [5.41, 5.74) is 1.69. The Hall–Kier alpha value is -1.88. The molecule has 0 bridgehead atoms. The number of carbonyl (C=O) groups is 2. The zero-order valence-electron chi connectivity index (χ0n) is 14.8. The van der Waals surface area contributed by atoms with E-state index in [0.717, 1.165) is 18.4 Å². The van der Waals surface area contributed by atoms with Crippen LogP contribution < -0.4 is 0 Å². The van der Waals surface area contributed by atoms with E-state index in [1.54, 1.807) is 11.8 Å². The molecule has 2 rings (SSSR count). The number of piperidine rings is 1. The van der Waals surface area contributed by atoms with Gasteiger partial charge >= 0.3 is 5.97 Å². The summed E-state index contributed by atoms with van der Waals surface area (Å²) in [6, 6.07) is 7.50. The van der Waals surface area contributed by atoms with E-state index in [1.807, 2.05) is 38.1 Å². The third-order valence-electron chi connectivity index (χ3n) is 4.11. The number of ether oxygens (including phenoxy) is 2. The minimum Gasteiger partial charge on any atom is -0.466 e. The lowest BCUT2D eigenvalue weighted by Crippen LogP contribution is -2.42. The van der Waals surface area contributed by atoms with Crippen molar-refractivity contribution in [2.24, 2.45) is 5.92 Å². The first-order valence-electron chi connectivity index (χ1n) is 8.67. The molecule has 0 aromatic heterocycles. The number of rotatable bonds is 6. The Morgan fingerprint density at radius 1 is 1.25 bits per heavy atom. The quantitative estimate of drug-likeness (QED) is 0.751. The molecule has 1 saturated heterocycles. The third-order valence-corrected chi connectivity index (χ3v) is 4.11. The van der Waals surface area contributed by atoms with E-state index >= 15 is 0 Å². The highest BCUT2D eigenvalue weighted by Gasteiger charge is 2.29. The second-order valence-electron chi connectivity index (χ2n) is 6.40. The Morgan fingerprint density at radius 2 is 1.96 bits per heavy atom. The SMILES string of the molecule is CCOC(=O)[C@@H]1CCCN(C(=O)c2ccc(COC(C)C)cc2)C1. The molecule has 1 aliphatic rings. The summed E-state index contributed by atoms with van der Waals surface area (Å²) in [5, 5.41) is 0. The van der Waals surface area contributed by atoms with Crippen molar-refractivity contribution in [1.82, 2.24) is 4.90 Å². The van der Waals surface area contributed by atoms with E-state index < -0.39 is 0 Å². The molecule has 5 nitrogen and oxygen atoms in total. The van der Waals surface area contributed by atoms with E-state index in [4.69, 9.17) is 9.47 Å². The monoisotopic (exact) mass is 333 g/mol. The first-order valence-corrected chi connectivity index (χ1v) is 8.67. The number of hydrogen-bond acceptors (Lipinski definition) is 4. The lowest BCUT2D eigenvalue weighted by Gasteiger charge is -2.31. The molecule has 0 spiro atoms. The van der Waals surface area contributed by atoms with Gasteiger partial charge in [-0.05, 0) is 51.3 Å². The maximum atomic E-state index is 12.6. The van der Waals surface area contributed by atoms with Gasteiger partial charge in [0.15, 0.2) is 0 Å². The Morgan fingerprint density at radius 3 is 2.58 bits per heavy atom. The van der Waals surface area contributed by atoms with Gasteiger partial charge in [-0.25, -0.2) is 0 Å². The van der Waals surface area contributed by atoms with Crippen LogP contribution in [-0.2, 0) is 20.9 Å². The molecule has 1 amide bonds. The van der Waals surface area contributed by atoms with Crippen LogP contribution in [0.2, 0.25) is 0 Å². The lowest BCUT2D eigenvalue weighted by molar-refractivity contribution is -0.149. The second kappa shape index (κ2) is 8.83. The second-order valence-corrected chi connectivity index (χ2v) is 6.40. The highest BCUT2D eigenvalue weighted by Crippen LogP contribution is 2.20. The van der Waals surface area contributed by atoms with E-state index in [2.05, 4.69) is 0 Å². The molecule has 1 aromatic carbocycles. The average Bonchev–Trinajstić information content (AvgIpc) is 2.60. The first-order chi connectivity index (χ1) is 11.5. The van der Waals surface area contributed by atoms with Crippen molar-refractivity contribution >= 4 is 11.9 Å². The van der Waals surface area contributed by atoms with Gasteiger partial charge in [0.1, 0.15) is 0 Å². The Balaban J connectivity index is 1.96. The summed E-state index contributed by atoms with van der Waals surface area (Å²) in [6.07, 6.45) is 1.79. The Bertz CT molecular complexity index is 553. The van der Waals surface area contributed by atoms with Crippen LogP contribution in [0.25, 0.3) is 0 Å². The van der Waals surface area contributed by atoms with Crippen LogP contribution in [0.1, 0.15) is 49.5 Å². The minimum atomic E-state index is -0.207. The zero-order valence-corrected chi connectivity index (χ0v) is 14.8. The lowest BCUT2D eigenvalue weighted by atomic mass is 9.97. The van der Waals surface area contributed by atoms with Gasteiger partial charge < -0.3 is 14.4 Å². The molecule has 24 heavy (non-hydrogen) atoms.